The van der Waals surface area contributed by atoms with Crippen molar-refractivity contribution in [3.8, 4) is 23.0 Å². The van der Waals surface area contributed by atoms with Crippen LogP contribution in [-0.2, 0) is 38.6 Å². The van der Waals surface area contributed by atoms with Gasteiger partial charge in [0.05, 0.1) is 81.8 Å². The molecular formula is C58H71N7O10S2. The molecule has 17 nitrogen and oxygen atoms in total. The SMILES string of the molecule is C=CC1=C(/C=C\C)C[C@H]2C=Nc3cc(OCc4cc(COc5cc6c(cc5OC)C(=O)N5c7ccccc7C[C@H]5CN6)cc(N(CCOCCOCCOC)CC(C)(C)SSCCCC(=O)NN)c4)c(OC)cc3C(=O)N12. The van der Waals surface area contributed by atoms with E-state index in [-0.39, 0.29) is 47.8 Å². The van der Waals surface area contributed by atoms with Crippen molar-refractivity contribution in [3.05, 3.63) is 131 Å². The second kappa shape index (κ2) is 26.7. The Labute approximate surface area is 459 Å². The van der Waals surface area contributed by atoms with Crippen LogP contribution in [0.25, 0.3) is 0 Å². The molecule has 8 rings (SSSR count). The van der Waals surface area contributed by atoms with Crippen molar-refractivity contribution in [3.63, 3.8) is 0 Å². The molecule has 77 heavy (non-hydrogen) atoms. The Morgan fingerprint density at radius 1 is 0.883 bits per heavy atom. The number of carbonyl (C=O) groups excluding carboxylic acids is 3. The number of rotatable bonds is 28. The van der Waals surface area contributed by atoms with Crippen molar-refractivity contribution in [2.24, 2.45) is 10.8 Å². The number of nitrogens with two attached hydrogens (primary N) is 1. The summed E-state index contributed by atoms with van der Waals surface area (Å²) >= 11 is 0. The molecule has 0 bridgehead atoms. The fraction of sp³-hybridized carbons (Fsp3) is 0.414. The number of ether oxygens (including phenoxy) is 7. The van der Waals surface area contributed by atoms with E-state index in [1.165, 1.54) is 0 Å². The third-order valence-corrected chi connectivity index (χ3v) is 16.9. The molecule has 0 spiro atoms. The van der Waals surface area contributed by atoms with Crippen molar-refractivity contribution in [2.75, 3.05) is 94.9 Å². The topological polar surface area (TPSA) is 188 Å². The molecule has 0 aliphatic carbocycles. The summed E-state index contributed by atoms with van der Waals surface area (Å²) < 4.78 is 41.8. The van der Waals surface area contributed by atoms with Gasteiger partial charge in [-0.3, -0.25) is 29.7 Å². The van der Waals surface area contributed by atoms with Crippen molar-refractivity contribution < 1.29 is 47.5 Å². The van der Waals surface area contributed by atoms with Gasteiger partial charge in [-0.05, 0) is 98.4 Å². The van der Waals surface area contributed by atoms with Crippen molar-refractivity contribution in [2.45, 2.75) is 76.5 Å². The molecule has 3 amide bonds. The van der Waals surface area contributed by atoms with Crippen LogP contribution in [0.1, 0.15) is 77.4 Å². The van der Waals surface area contributed by atoms with Gasteiger partial charge in [0.15, 0.2) is 23.0 Å². The minimum atomic E-state index is -0.262. The molecule has 0 aromatic heterocycles. The molecule has 0 radical (unpaired) electrons. The third kappa shape index (κ3) is 13.8. The highest BCUT2D eigenvalue weighted by Crippen LogP contribution is 2.44. The van der Waals surface area contributed by atoms with E-state index in [4.69, 9.17) is 44.0 Å². The molecule has 4 aliphatic rings. The van der Waals surface area contributed by atoms with E-state index in [0.29, 0.717) is 117 Å². The summed E-state index contributed by atoms with van der Waals surface area (Å²) in [5.74, 6) is 7.35. The van der Waals surface area contributed by atoms with E-state index in [2.05, 4.69) is 54.3 Å². The van der Waals surface area contributed by atoms with Crippen LogP contribution in [0.2, 0.25) is 0 Å². The van der Waals surface area contributed by atoms with Gasteiger partial charge >= 0.3 is 0 Å². The fourth-order valence-corrected chi connectivity index (χ4v) is 12.5. The number of amides is 3. The lowest BCUT2D eigenvalue weighted by molar-refractivity contribution is -0.121. The first-order valence-corrected chi connectivity index (χ1v) is 28.2. The van der Waals surface area contributed by atoms with Crippen LogP contribution in [0.5, 0.6) is 23.0 Å². The average Bonchev–Trinajstić information content (AvgIpc) is 3.91. The number of para-hydroxylation sites is 1. The van der Waals surface area contributed by atoms with Crippen LogP contribution in [-0.4, -0.2) is 125 Å². The largest absolute Gasteiger partial charge is 0.493 e. The molecule has 4 heterocycles. The molecule has 0 saturated carbocycles. The molecule has 4 N–H and O–H groups in total. The molecule has 4 aliphatic heterocycles. The number of fused-ring (bicyclic) bond motifs is 6. The predicted octanol–water partition coefficient (Wildman–Crippen LogP) is 9.22. The average molecular weight is 1090 g/mol. The van der Waals surface area contributed by atoms with Crippen molar-refractivity contribution >= 4 is 68.3 Å². The number of hydrazine groups is 1. The third-order valence-electron chi connectivity index (χ3n) is 13.5. The van der Waals surface area contributed by atoms with Crippen LogP contribution >= 0.6 is 21.6 Å². The van der Waals surface area contributed by atoms with E-state index < -0.39 is 0 Å². The number of nitrogens with zero attached hydrogens (tertiary/aromatic N) is 4. The van der Waals surface area contributed by atoms with Crippen molar-refractivity contribution in [1.82, 2.24) is 10.3 Å². The van der Waals surface area contributed by atoms with Gasteiger partial charge in [-0.2, -0.15) is 0 Å². The highest BCUT2D eigenvalue weighted by Gasteiger charge is 2.39. The molecule has 410 valence electrons. The molecule has 2 atom stereocenters. The lowest BCUT2D eigenvalue weighted by Gasteiger charge is -2.34. The minimum absolute atomic E-state index is 0.0291. The van der Waals surface area contributed by atoms with Gasteiger partial charge in [-0.1, -0.05) is 58.5 Å². The smallest absolute Gasteiger partial charge is 0.261 e. The Morgan fingerprint density at radius 3 is 2.27 bits per heavy atom. The summed E-state index contributed by atoms with van der Waals surface area (Å²) in [6, 6.07) is 21.1. The lowest BCUT2D eigenvalue weighted by atomic mass is 10.1. The summed E-state index contributed by atoms with van der Waals surface area (Å²) in [6.07, 6.45) is 9.95. The normalized spacial score (nSPS) is 16.5. The summed E-state index contributed by atoms with van der Waals surface area (Å²) in [7, 11) is 8.26. The molecule has 0 unspecified atom stereocenters. The monoisotopic (exact) mass is 1090 g/mol. The zero-order valence-corrected chi connectivity index (χ0v) is 46.5. The number of nitrogens with one attached hydrogen (secondary N) is 2. The number of anilines is 3. The summed E-state index contributed by atoms with van der Waals surface area (Å²) in [5, 5.41) is 3.54. The second-order valence-corrected chi connectivity index (χ2v) is 22.6. The van der Waals surface area contributed by atoms with E-state index in [0.717, 1.165) is 51.5 Å². The highest BCUT2D eigenvalue weighted by atomic mass is 33.1. The first-order valence-electron chi connectivity index (χ1n) is 25.9. The number of benzene rings is 4. The van der Waals surface area contributed by atoms with Crippen LogP contribution in [0.4, 0.5) is 22.7 Å². The number of hydrogen-bond donors (Lipinski definition) is 3. The second-order valence-electron chi connectivity index (χ2n) is 19.5. The van der Waals surface area contributed by atoms with Gasteiger partial charge in [0.25, 0.3) is 11.8 Å². The quantitative estimate of drug-likeness (QED) is 0.0160. The molecular weight excluding hydrogens is 1020 g/mol. The van der Waals surface area contributed by atoms with Gasteiger partial charge in [-0.25, -0.2) is 5.84 Å². The Balaban J connectivity index is 1.09. The zero-order chi connectivity index (χ0) is 54.5. The van der Waals surface area contributed by atoms with E-state index in [1.54, 1.807) is 72.1 Å². The van der Waals surface area contributed by atoms with Gasteiger partial charge < -0.3 is 48.3 Å². The van der Waals surface area contributed by atoms with E-state index in [1.807, 2.05) is 60.5 Å². The maximum Gasteiger partial charge on any atom is 0.261 e. The zero-order valence-electron chi connectivity index (χ0n) is 44.9. The predicted molar refractivity (Wildman–Crippen MR) is 307 cm³/mol. The minimum Gasteiger partial charge on any atom is -0.493 e. The van der Waals surface area contributed by atoms with Gasteiger partial charge in [0.1, 0.15) is 13.2 Å². The first kappa shape index (κ1) is 56.7. The molecule has 4 aromatic carbocycles. The fourth-order valence-electron chi connectivity index (χ4n) is 9.93. The van der Waals surface area contributed by atoms with Crippen LogP contribution in [0.3, 0.4) is 0 Å². The molecule has 0 fully saturated rings. The Hall–Kier alpha value is -6.48. The molecule has 4 aromatic rings. The van der Waals surface area contributed by atoms with Crippen LogP contribution in [0.15, 0.2) is 108 Å². The highest BCUT2D eigenvalue weighted by molar-refractivity contribution is 8.77. The number of allylic oxidation sites excluding steroid dienone is 3. The number of aliphatic imine (C=N–C) groups is 1. The molecule has 0 saturated heterocycles. The maximum absolute atomic E-state index is 14.3. The summed E-state index contributed by atoms with van der Waals surface area (Å²) in [5.41, 5.74) is 10.7. The van der Waals surface area contributed by atoms with E-state index in [9.17, 15) is 14.4 Å². The van der Waals surface area contributed by atoms with Gasteiger partial charge in [-0.15, -0.1) is 0 Å². The van der Waals surface area contributed by atoms with Crippen LogP contribution < -0.4 is 45.3 Å². The summed E-state index contributed by atoms with van der Waals surface area (Å²) in [6.45, 7) is 14.7. The maximum atomic E-state index is 14.3. The Kier molecular flexibility index (Phi) is 19.7. The number of hydrogen-bond acceptors (Lipinski definition) is 16. The Bertz CT molecular complexity index is 2880. The van der Waals surface area contributed by atoms with Gasteiger partial charge in [0.2, 0.25) is 5.91 Å². The van der Waals surface area contributed by atoms with E-state index >= 15 is 0 Å². The standard InChI is InChI=1S/C58H71N7O10S2/c1-8-13-40-27-43-33-60-47-31-53(51(70-6)29-45(47)56(67)64(43)49(40)9-2)74-35-38-24-39(36-75-54-32-48-46(30-52(54)71-7)57(68)65-44(34-61-48)28-41-14-10-11-15-50(41)65)26-42(25-38)63(17-18-72-21-22-73-20-19-69-5)37-58(3,4)77-76-23-12-16-55(66)62-59/h8-11,13-15,24-26,29-33,43-44,61H,2,12,16-23,27-28,34-37,59H2,1,3-7H3,(H,62,66)/b13-8-/t43-,44-/m0/s1. The van der Waals surface area contributed by atoms with Crippen molar-refractivity contribution in [1.29, 1.82) is 0 Å². The Morgan fingerprint density at radius 2 is 1.57 bits per heavy atom. The summed E-state index contributed by atoms with van der Waals surface area (Å²) in [4.78, 5) is 51.1. The lowest BCUT2D eigenvalue weighted by Crippen LogP contribution is -2.39. The first-order chi connectivity index (χ1) is 37.4. The van der Waals surface area contributed by atoms with Crippen LogP contribution in [0, 0.1) is 0 Å². The number of carbonyl (C=O) groups is 3. The van der Waals surface area contributed by atoms with Gasteiger partial charge in [0, 0.05) is 85.5 Å². The molecule has 19 heteroatoms. The number of methoxy groups -OCH3 is 3.